The fourth-order valence-electron chi connectivity index (χ4n) is 0.267. The number of nitrogens with two attached hydrogens (primary N) is 1. The van der Waals surface area contributed by atoms with Gasteiger partial charge in [-0.05, 0) is 0 Å². The molecule has 0 radical (unpaired) electrons. The second kappa shape index (κ2) is 3.71. The summed E-state index contributed by atoms with van der Waals surface area (Å²) in [5, 5.41) is 11.2. The van der Waals surface area contributed by atoms with Gasteiger partial charge in [-0.1, -0.05) is 0 Å². The second-order valence-corrected chi connectivity index (χ2v) is 1.29. The number of hydrogen-bond donors (Lipinski definition) is 2. The molecule has 0 heterocycles. The summed E-state index contributed by atoms with van der Waals surface area (Å²) in [6, 6.07) is 0. The molecule has 0 unspecified atom stereocenters. The molecular weight excluding hydrogens is 122 g/mol. The molecule has 0 amide bonds. The minimum Gasteiger partial charge on any atom is -0.480 e. The summed E-state index contributed by atoms with van der Waals surface area (Å²) in [7, 11) is 0. The lowest BCUT2D eigenvalue weighted by atomic mass is 10.6. The number of hydrogen-bond acceptors (Lipinski definition) is 3. The Morgan fingerprint density at radius 2 is 2.89 bits per heavy atom. The number of carboxylic acid groups (broad SMARTS) is 1. The van der Waals surface area contributed by atoms with Crippen LogP contribution in [0.1, 0.15) is 4.11 Å². The molecule has 0 aromatic heterocycles. The topological polar surface area (TPSA) is 78.9 Å². The van der Waals surface area contributed by atoms with Crippen molar-refractivity contribution in [3.63, 3.8) is 0 Å². The third-order valence-corrected chi connectivity index (χ3v) is 0.512. The average molecular weight is 134 g/mol. The van der Waals surface area contributed by atoms with Gasteiger partial charge in [-0.25, -0.2) is 0 Å². The SMILES string of the molecule is [2H]C([2H])([2H])N(/C=N/N)CC(=O)O. The lowest BCUT2D eigenvalue weighted by Gasteiger charge is -2.06. The summed E-state index contributed by atoms with van der Waals surface area (Å²) < 4.78 is 20.5. The largest absolute Gasteiger partial charge is 0.480 e. The maximum atomic E-state index is 10.1. The van der Waals surface area contributed by atoms with Crippen molar-refractivity contribution in [1.82, 2.24) is 4.90 Å². The molecular formula is C4H9N3O2. The molecule has 9 heavy (non-hydrogen) atoms. The summed E-state index contributed by atoms with van der Waals surface area (Å²) in [5.74, 6) is 3.43. The molecule has 5 heteroatoms. The minimum absolute atomic E-state index is 0.551. The van der Waals surface area contributed by atoms with E-state index in [4.69, 9.17) is 9.22 Å². The maximum absolute atomic E-state index is 10.1. The highest BCUT2D eigenvalue weighted by molar-refractivity contribution is 5.72. The van der Waals surface area contributed by atoms with E-state index in [1.165, 1.54) is 0 Å². The Morgan fingerprint density at radius 1 is 2.22 bits per heavy atom. The van der Waals surface area contributed by atoms with E-state index in [1.54, 1.807) is 0 Å². The standard InChI is InChI=1S/C4H9N3O2/c1-7(3-6-5)2-4(8)9/h3H,2,5H2,1H3,(H,8,9)/b6-3+/i1D3. The van der Waals surface area contributed by atoms with E-state index in [0.717, 1.165) is 6.34 Å². The zero-order chi connectivity index (χ0) is 9.78. The highest BCUT2D eigenvalue weighted by atomic mass is 16.4. The van der Waals surface area contributed by atoms with Gasteiger partial charge in [-0.3, -0.25) is 4.79 Å². The second-order valence-electron chi connectivity index (χ2n) is 1.29. The molecule has 52 valence electrons. The number of nitrogens with zero attached hydrogens (tertiary/aromatic N) is 2. The monoisotopic (exact) mass is 134 g/mol. The van der Waals surface area contributed by atoms with Crippen LogP contribution in [-0.4, -0.2) is 35.8 Å². The highest BCUT2D eigenvalue weighted by Gasteiger charge is 1.97. The first kappa shape index (κ1) is 3.71. The van der Waals surface area contributed by atoms with Gasteiger partial charge < -0.3 is 15.8 Å². The predicted octanol–water partition coefficient (Wildman–Crippen LogP) is -1.10. The zero-order valence-electron chi connectivity index (χ0n) is 7.61. The average Bonchev–Trinajstić information content (AvgIpc) is 1.83. The van der Waals surface area contributed by atoms with E-state index >= 15 is 0 Å². The Labute approximate surface area is 57.0 Å². The van der Waals surface area contributed by atoms with E-state index in [-0.39, 0.29) is 0 Å². The fraction of sp³-hybridized carbons (Fsp3) is 0.500. The Balaban J connectivity index is 4.34. The molecule has 0 atom stereocenters. The molecule has 0 aliphatic carbocycles. The van der Waals surface area contributed by atoms with Crippen molar-refractivity contribution in [3.8, 4) is 0 Å². The molecule has 0 aromatic carbocycles. The van der Waals surface area contributed by atoms with Gasteiger partial charge >= 0.3 is 5.97 Å². The van der Waals surface area contributed by atoms with Crippen LogP contribution < -0.4 is 5.84 Å². The van der Waals surface area contributed by atoms with Crippen LogP contribution in [0, 0.1) is 0 Å². The Morgan fingerprint density at radius 3 is 3.22 bits per heavy atom. The van der Waals surface area contributed by atoms with Crippen molar-refractivity contribution >= 4 is 12.3 Å². The summed E-state index contributed by atoms with van der Waals surface area (Å²) in [6.45, 7) is -3.18. The molecule has 0 saturated carbocycles. The van der Waals surface area contributed by atoms with Crippen LogP contribution in [0.25, 0.3) is 0 Å². The van der Waals surface area contributed by atoms with Crippen LogP contribution in [0.15, 0.2) is 5.10 Å². The third-order valence-electron chi connectivity index (χ3n) is 0.512. The molecule has 5 nitrogen and oxygen atoms in total. The molecule has 0 spiro atoms. The van der Waals surface area contributed by atoms with Crippen molar-refractivity contribution in [3.05, 3.63) is 0 Å². The molecule has 0 rings (SSSR count). The quantitative estimate of drug-likeness (QED) is 0.222. The molecule has 0 fully saturated rings. The number of rotatable bonds is 3. The van der Waals surface area contributed by atoms with Gasteiger partial charge in [-0.15, -0.1) is 0 Å². The molecule has 0 aliphatic rings. The van der Waals surface area contributed by atoms with E-state index in [2.05, 4.69) is 10.9 Å². The van der Waals surface area contributed by atoms with E-state index in [0.29, 0.717) is 4.90 Å². The normalized spacial score (nSPS) is 16.2. The van der Waals surface area contributed by atoms with Gasteiger partial charge in [0.05, 0.1) is 0 Å². The molecule has 0 aromatic rings. The first-order chi connectivity index (χ1) is 5.38. The van der Waals surface area contributed by atoms with Crippen LogP contribution >= 0.6 is 0 Å². The molecule has 0 bridgehead atoms. The van der Waals surface area contributed by atoms with Gasteiger partial charge in [0.1, 0.15) is 12.9 Å². The van der Waals surface area contributed by atoms with Crippen LogP contribution in [0.4, 0.5) is 0 Å². The van der Waals surface area contributed by atoms with Crippen molar-refractivity contribution in [2.24, 2.45) is 10.9 Å². The summed E-state index contributed by atoms with van der Waals surface area (Å²) in [4.78, 5) is 10.7. The smallest absolute Gasteiger partial charge is 0.323 e. The summed E-state index contributed by atoms with van der Waals surface area (Å²) >= 11 is 0. The summed E-state index contributed by atoms with van der Waals surface area (Å²) in [6.07, 6.45) is 0.765. The number of likely N-dealkylation sites (N-methyl/N-ethyl adjacent to an activating group) is 1. The van der Waals surface area contributed by atoms with E-state index in [9.17, 15) is 4.79 Å². The lowest BCUT2D eigenvalue weighted by Crippen LogP contribution is -2.24. The van der Waals surface area contributed by atoms with E-state index < -0.39 is 19.5 Å². The van der Waals surface area contributed by atoms with Crippen LogP contribution in [0.2, 0.25) is 0 Å². The Kier molecular flexibility index (Phi) is 1.53. The zero-order valence-corrected chi connectivity index (χ0v) is 4.61. The Hall–Kier alpha value is -1.26. The number of hydrazone groups is 1. The minimum atomic E-state index is -2.53. The molecule has 3 N–H and O–H groups in total. The van der Waals surface area contributed by atoms with Gasteiger partial charge in [0.15, 0.2) is 0 Å². The number of carboxylic acids is 1. The van der Waals surface area contributed by atoms with Crippen LogP contribution in [0.3, 0.4) is 0 Å². The number of carbonyl (C=O) groups is 1. The van der Waals surface area contributed by atoms with Gasteiger partial charge in [0.25, 0.3) is 0 Å². The predicted molar refractivity (Wildman–Crippen MR) is 32.9 cm³/mol. The Bertz CT molecular complexity index is 190. The van der Waals surface area contributed by atoms with E-state index in [1.807, 2.05) is 0 Å². The molecule has 0 saturated heterocycles. The molecule has 0 aliphatic heterocycles. The first-order valence-electron chi connectivity index (χ1n) is 3.60. The lowest BCUT2D eigenvalue weighted by molar-refractivity contribution is -0.137. The summed E-state index contributed by atoms with van der Waals surface area (Å²) in [5.41, 5.74) is 0. The van der Waals surface area contributed by atoms with Gasteiger partial charge in [-0.2, -0.15) is 5.10 Å². The van der Waals surface area contributed by atoms with Crippen molar-refractivity contribution in [2.45, 2.75) is 0 Å². The van der Waals surface area contributed by atoms with Crippen molar-refractivity contribution in [2.75, 3.05) is 13.5 Å². The fourth-order valence-corrected chi connectivity index (χ4v) is 0.267. The number of aliphatic carboxylic acids is 1. The third kappa shape index (κ3) is 4.60. The van der Waals surface area contributed by atoms with Crippen LogP contribution in [0.5, 0.6) is 0 Å². The van der Waals surface area contributed by atoms with Crippen molar-refractivity contribution < 1.29 is 14.0 Å². The first-order valence-corrected chi connectivity index (χ1v) is 2.10. The van der Waals surface area contributed by atoms with Crippen molar-refractivity contribution in [1.29, 1.82) is 0 Å². The van der Waals surface area contributed by atoms with Gasteiger partial charge in [0, 0.05) is 11.1 Å². The maximum Gasteiger partial charge on any atom is 0.323 e. The van der Waals surface area contributed by atoms with Gasteiger partial charge in [0.2, 0.25) is 0 Å². The van der Waals surface area contributed by atoms with Crippen LogP contribution in [-0.2, 0) is 4.79 Å². The highest BCUT2D eigenvalue weighted by Crippen LogP contribution is 1.73.